The Morgan fingerprint density at radius 2 is 1.71 bits per heavy atom. The van der Waals surface area contributed by atoms with Gasteiger partial charge in [-0.25, -0.2) is 4.98 Å². The van der Waals surface area contributed by atoms with E-state index in [1.54, 1.807) is 0 Å². The summed E-state index contributed by atoms with van der Waals surface area (Å²) in [6.07, 6.45) is 1.04. The monoisotopic (exact) mass is 408 g/mol. The van der Waals surface area contributed by atoms with Gasteiger partial charge in [-0.05, 0) is 54.7 Å². The molecule has 2 heterocycles. The summed E-state index contributed by atoms with van der Waals surface area (Å²) in [5, 5.41) is 6.01. The number of anilines is 2. The highest BCUT2D eigenvalue weighted by Crippen LogP contribution is 2.35. The largest absolute Gasteiger partial charge is 0.350 e. The Morgan fingerprint density at radius 3 is 2.61 bits per heavy atom. The van der Waals surface area contributed by atoms with Crippen LogP contribution >= 0.6 is 0 Å². The van der Waals surface area contributed by atoms with Crippen molar-refractivity contribution in [3.05, 3.63) is 94.7 Å². The highest BCUT2D eigenvalue weighted by atomic mass is 15.3. The molecule has 4 aromatic rings. The Kier molecular flexibility index (Phi) is 5.06. The summed E-state index contributed by atoms with van der Waals surface area (Å²) in [6.45, 7) is 8.15. The maximum Gasteiger partial charge on any atom is 0.225 e. The van der Waals surface area contributed by atoms with Crippen molar-refractivity contribution in [2.24, 2.45) is 0 Å². The van der Waals surface area contributed by atoms with Gasteiger partial charge < -0.3 is 10.2 Å². The molecule has 1 aliphatic rings. The summed E-state index contributed by atoms with van der Waals surface area (Å²) in [7, 11) is 0. The predicted molar refractivity (Wildman–Crippen MR) is 129 cm³/mol. The van der Waals surface area contributed by atoms with Gasteiger partial charge in [-0.3, -0.25) is 0 Å². The standard InChI is InChI=1S/C27H28N4/c1-18-19(2)29-27(28-17-23-12-8-11-21-9-5-7-14-25(21)23)30-26(18)31-16-15-22-10-4-6-13-24(22)20(31)3/h4-14,20H,15-17H2,1-3H3,(H,28,29,30). The molecular weight excluding hydrogens is 380 g/mol. The van der Waals surface area contributed by atoms with Crippen molar-refractivity contribution in [3.8, 4) is 0 Å². The minimum Gasteiger partial charge on any atom is -0.350 e. The molecule has 1 aromatic heterocycles. The van der Waals surface area contributed by atoms with Crippen molar-refractivity contribution in [2.45, 2.75) is 39.8 Å². The lowest BCUT2D eigenvalue weighted by atomic mass is 9.93. The normalized spacial score (nSPS) is 15.7. The average molecular weight is 409 g/mol. The van der Waals surface area contributed by atoms with E-state index in [0.29, 0.717) is 18.5 Å². The van der Waals surface area contributed by atoms with Gasteiger partial charge >= 0.3 is 0 Å². The lowest BCUT2D eigenvalue weighted by molar-refractivity contribution is 0.614. The molecule has 3 aromatic carbocycles. The maximum absolute atomic E-state index is 4.98. The predicted octanol–water partition coefficient (Wildman–Crippen LogP) is 5.98. The van der Waals surface area contributed by atoms with Gasteiger partial charge in [-0.15, -0.1) is 0 Å². The Morgan fingerprint density at radius 1 is 0.935 bits per heavy atom. The molecule has 31 heavy (non-hydrogen) atoms. The lowest BCUT2D eigenvalue weighted by Crippen LogP contribution is -2.35. The summed E-state index contributed by atoms with van der Waals surface area (Å²) in [4.78, 5) is 12.1. The third kappa shape index (κ3) is 3.63. The zero-order valence-corrected chi connectivity index (χ0v) is 18.4. The first kappa shape index (κ1) is 19.6. The van der Waals surface area contributed by atoms with Crippen LogP contribution in [0.4, 0.5) is 11.8 Å². The zero-order chi connectivity index (χ0) is 21.4. The van der Waals surface area contributed by atoms with Crippen LogP contribution in [0.15, 0.2) is 66.7 Å². The number of hydrogen-bond acceptors (Lipinski definition) is 4. The molecule has 5 rings (SSSR count). The van der Waals surface area contributed by atoms with Crippen molar-refractivity contribution >= 4 is 22.5 Å². The van der Waals surface area contributed by atoms with Crippen LogP contribution in [0.5, 0.6) is 0 Å². The third-order valence-corrected chi connectivity index (χ3v) is 6.55. The number of rotatable bonds is 4. The van der Waals surface area contributed by atoms with Crippen molar-refractivity contribution < 1.29 is 0 Å². The molecule has 1 aliphatic heterocycles. The zero-order valence-electron chi connectivity index (χ0n) is 18.4. The smallest absolute Gasteiger partial charge is 0.225 e. The van der Waals surface area contributed by atoms with Crippen LogP contribution in [0.1, 0.15) is 40.9 Å². The minimum absolute atomic E-state index is 0.295. The second kappa shape index (κ2) is 8.03. The first-order valence-electron chi connectivity index (χ1n) is 11.0. The van der Waals surface area contributed by atoms with E-state index in [9.17, 15) is 0 Å². The molecule has 0 spiro atoms. The number of benzene rings is 3. The molecule has 0 fully saturated rings. The van der Waals surface area contributed by atoms with E-state index in [0.717, 1.165) is 30.0 Å². The van der Waals surface area contributed by atoms with Gasteiger partial charge in [-0.2, -0.15) is 4.98 Å². The topological polar surface area (TPSA) is 41.1 Å². The van der Waals surface area contributed by atoms with Gasteiger partial charge in [0.25, 0.3) is 0 Å². The van der Waals surface area contributed by atoms with E-state index in [4.69, 9.17) is 9.97 Å². The molecular formula is C27H28N4. The van der Waals surface area contributed by atoms with E-state index in [1.807, 2.05) is 0 Å². The number of aryl methyl sites for hydroxylation is 1. The average Bonchev–Trinajstić information content (AvgIpc) is 2.80. The number of fused-ring (bicyclic) bond motifs is 2. The molecule has 0 saturated carbocycles. The second-order valence-electron chi connectivity index (χ2n) is 8.39. The molecule has 0 saturated heterocycles. The van der Waals surface area contributed by atoms with Crippen molar-refractivity contribution in [2.75, 3.05) is 16.8 Å². The number of aromatic nitrogens is 2. The minimum atomic E-state index is 0.295. The molecule has 1 unspecified atom stereocenters. The van der Waals surface area contributed by atoms with E-state index >= 15 is 0 Å². The van der Waals surface area contributed by atoms with Gasteiger partial charge in [0.15, 0.2) is 0 Å². The molecule has 156 valence electrons. The van der Waals surface area contributed by atoms with Crippen LogP contribution in [0.25, 0.3) is 10.8 Å². The quantitative estimate of drug-likeness (QED) is 0.451. The van der Waals surface area contributed by atoms with Crippen LogP contribution in [-0.4, -0.2) is 16.5 Å². The fourth-order valence-corrected chi connectivity index (χ4v) is 4.65. The molecule has 1 atom stereocenters. The van der Waals surface area contributed by atoms with Gasteiger partial charge in [0, 0.05) is 24.3 Å². The Hall–Kier alpha value is -3.40. The van der Waals surface area contributed by atoms with Crippen LogP contribution < -0.4 is 10.2 Å². The third-order valence-electron chi connectivity index (χ3n) is 6.55. The summed E-state index contributed by atoms with van der Waals surface area (Å²) in [5.41, 5.74) is 6.28. The molecule has 4 heteroatoms. The first-order chi connectivity index (χ1) is 15.1. The van der Waals surface area contributed by atoms with E-state index in [2.05, 4.69) is 97.7 Å². The molecule has 0 amide bonds. The summed E-state index contributed by atoms with van der Waals surface area (Å²) < 4.78 is 0. The van der Waals surface area contributed by atoms with Gasteiger partial charge in [0.2, 0.25) is 5.95 Å². The molecule has 0 aliphatic carbocycles. The van der Waals surface area contributed by atoms with E-state index in [-0.39, 0.29) is 0 Å². The fourth-order valence-electron chi connectivity index (χ4n) is 4.65. The van der Waals surface area contributed by atoms with Gasteiger partial charge in [0.05, 0.1) is 6.04 Å². The maximum atomic E-state index is 4.98. The highest BCUT2D eigenvalue weighted by molar-refractivity contribution is 5.85. The SMILES string of the molecule is Cc1nc(NCc2cccc3ccccc23)nc(N2CCc3ccccc3C2C)c1C. The van der Waals surface area contributed by atoms with Crippen LogP contribution in [-0.2, 0) is 13.0 Å². The van der Waals surface area contributed by atoms with Crippen molar-refractivity contribution in [1.29, 1.82) is 0 Å². The van der Waals surface area contributed by atoms with Crippen LogP contribution in [0.2, 0.25) is 0 Å². The van der Waals surface area contributed by atoms with Crippen molar-refractivity contribution in [3.63, 3.8) is 0 Å². The summed E-state index contributed by atoms with van der Waals surface area (Å²) >= 11 is 0. The molecule has 1 N–H and O–H groups in total. The van der Waals surface area contributed by atoms with E-state index < -0.39 is 0 Å². The first-order valence-corrected chi connectivity index (χ1v) is 11.0. The molecule has 4 nitrogen and oxygen atoms in total. The molecule has 0 bridgehead atoms. The van der Waals surface area contributed by atoms with E-state index in [1.165, 1.54) is 27.5 Å². The summed E-state index contributed by atoms with van der Waals surface area (Å²) in [6, 6.07) is 24.0. The lowest BCUT2D eigenvalue weighted by Gasteiger charge is -2.37. The fraction of sp³-hybridized carbons (Fsp3) is 0.259. The second-order valence-corrected chi connectivity index (χ2v) is 8.39. The van der Waals surface area contributed by atoms with Gasteiger partial charge in [-0.1, -0.05) is 66.7 Å². The summed E-state index contributed by atoms with van der Waals surface area (Å²) in [5.74, 6) is 1.73. The Labute approximate surface area is 184 Å². The van der Waals surface area contributed by atoms with Crippen LogP contribution in [0, 0.1) is 13.8 Å². The Bertz CT molecular complexity index is 1240. The number of hydrogen-bond donors (Lipinski definition) is 1. The van der Waals surface area contributed by atoms with Crippen molar-refractivity contribution in [1.82, 2.24) is 9.97 Å². The number of nitrogens with one attached hydrogen (secondary N) is 1. The van der Waals surface area contributed by atoms with Crippen LogP contribution in [0.3, 0.4) is 0 Å². The Balaban J connectivity index is 1.44. The number of nitrogens with zero attached hydrogens (tertiary/aromatic N) is 3. The van der Waals surface area contributed by atoms with Gasteiger partial charge in [0.1, 0.15) is 5.82 Å². The molecule has 0 radical (unpaired) electrons. The highest BCUT2D eigenvalue weighted by Gasteiger charge is 2.26.